The van der Waals surface area contributed by atoms with E-state index in [1.165, 1.54) is 16.2 Å². The van der Waals surface area contributed by atoms with Gasteiger partial charge in [-0.15, -0.1) is 11.3 Å². The zero-order valence-electron chi connectivity index (χ0n) is 26.5. The van der Waals surface area contributed by atoms with Crippen LogP contribution in [0.15, 0.2) is 53.9 Å². The summed E-state index contributed by atoms with van der Waals surface area (Å²) in [6.45, 7) is 0.0363. The van der Waals surface area contributed by atoms with Crippen LogP contribution in [0.5, 0.6) is 5.88 Å². The first-order valence-electron chi connectivity index (χ1n) is 16.8. The number of nitrogens with one attached hydrogen (secondary N) is 2. The summed E-state index contributed by atoms with van der Waals surface area (Å²) >= 11 is 1.50. The van der Waals surface area contributed by atoms with Gasteiger partial charge in [-0.25, -0.2) is 19.6 Å². The molecule has 3 amide bonds. The molecule has 1 aromatic carbocycles. The molecule has 252 valence electrons. The molecule has 2 aliphatic heterocycles. The number of rotatable bonds is 6. The predicted octanol–water partition coefficient (Wildman–Crippen LogP) is 4.83. The van der Waals surface area contributed by atoms with Crippen LogP contribution in [0.25, 0.3) is 21.6 Å². The second kappa shape index (κ2) is 13.5. The average Bonchev–Trinajstić information content (AvgIpc) is 3.36. The number of carboxylic acids is 1. The maximum absolute atomic E-state index is 14.3. The van der Waals surface area contributed by atoms with Crippen molar-refractivity contribution >= 4 is 46.2 Å². The van der Waals surface area contributed by atoms with Gasteiger partial charge in [0.1, 0.15) is 35.5 Å². The van der Waals surface area contributed by atoms with Gasteiger partial charge in [0.15, 0.2) is 0 Å². The van der Waals surface area contributed by atoms with Gasteiger partial charge in [-0.05, 0) is 68.5 Å². The van der Waals surface area contributed by atoms with Gasteiger partial charge in [0.05, 0.1) is 22.5 Å². The summed E-state index contributed by atoms with van der Waals surface area (Å²) in [4.78, 5) is 65.5. The highest BCUT2D eigenvalue weighted by Gasteiger charge is 2.61. The quantitative estimate of drug-likeness (QED) is 0.312. The van der Waals surface area contributed by atoms with E-state index in [2.05, 4.69) is 10.6 Å². The number of aliphatic carboxylic acids is 1. The van der Waals surface area contributed by atoms with Gasteiger partial charge in [-0.2, -0.15) is 0 Å². The first-order chi connectivity index (χ1) is 23.3. The maximum atomic E-state index is 14.3. The largest absolute Gasteiger partial charge is 0.479 e. The predicted molar refractivity (Wildman–Crippen MR) is 177 cm³/mol. The van der Waals surface area contributed by atoms with Crippen molar-refractivity contribution in [3.63, 3.8) is 0 Å². The summed E-state index contributed by atoms with van der Waals surface area (Å²) in [5.74, 6) is -2.16. The number of fused-ring (bicyclic) bond motifs is 3. The second-order valence-electron chi connectivity index (χ2n) is 13.1. The number of thiophene rings is 1. The van der Waals surface area contributed by atoms with Crippen molar-refractivity contribution < 1.29 is 33.8 Å². The van der Waals surface area contributed by atoms with Crippen LogP contribution in [0.1, 0.15) is 64.2 Å². The van der Waals surface area contributed by atoms with Crippen LogP contribution in [0.3, 0.4) is 0 Å². The van der Waals surface area contributed by atoms with Gasteiger partial charge >= 0.3 is 12.1 Å². The number of hydrogen-bond donors (Lipinski definition) is 3. The molecule has 4 aliphatic rings. The van der Waals surface area contributed by atoms with Crippen molar-refractivity contribution in [1.82, 2.24) is 25.5 Å². The number of carbonyl (C=O) groups excluding carboxylic acids is 3. The van der Waals surface area contributed by atoms with E-state index in [0.29, 0.717) is 29.6 Å². The first kappa shape index (κ1) is 32.0. The van der Waals surface area contributed by atoms with Gasteiger partial charge in [0, 0.05) is 12.3 Å². The van der Waals surface area contributed by atoms with Crippen LogP contribution in [0.4, 0.5) is 4.79 Å². The Kier molecular flexibility index (Phi) is 9.04. The monoisotopic (exact) mass is 673 g/mol. The number of carbonyl (C=O) groups is 4. The third-order valence-corrected chi connectivity index (χ3v) is 10.7. The fourth-order valence-electron chi connectivity index (χ4n) is 6.76. The highest BCUT2D eigenvalue weighted by molar-refractivity contribution is 7.13. The fraction of sp³-hybridized carbons (Fsp3) is 0.486. The minimum Gasteiger partial charge on any atom is -0.479 e. The van der Waals surface area contributed by atoms with Gasteiger partial charge in [-0.1, -0.05) is 43.2 Å². The summed E-state index contributed by atoms with van der Waals surface area (Å²) < 4.78 is 12.0. The van der Waals surface area contributed by atoms with Crippen LogP contribution < -0.4 is 15.4 Å². The van der Waals surface area contributed by atoms with E-state index in [0.717, 1.165) is 43.4 Å². The molecule has 48 heavy (non-hydrogen) atoms. The Bertz CT molecular complexity index is 1730. The van der Waals surface area contributed by atoms with Gasteiger partial charge in [0.25, 0.3) is 0 Å². The highest BCUT2D eigenvalue weighted by atomic mass is 32.1. The molecule has 0 spiro atoms. The molecule has 4 heterocycles. The Hall–Kier alpha value is -4.52. The van der Waals surface area contributed by atoms with Gasteiger partial charge < -0.3 is 30.1 Å². The Morgan fingerprint density at radius 2 is 1.81 bits per heavy atom. The number of hydrogen-bond acceptors (Lipinski definition) is 9. The van der Waals surface area contributed by atoms with E-state index in [1.807, 2.05) is 53.9 Å². The normalized spacial score (nSPS) is 28.5. The number of allylic oxidation sites excluding steroid dienone is 1. The molecule has 2 saturated carbocycles. The lowest BCUT2D eigenvalue weighted by molar-refractivity contribution is -0.145. The highest BCUT2D eigenvalue weighted by Crippen LogP contribution is 2.45. The zero-order chi connectivity index (χ0) is 33.3. The maximum Gasteiger partial charge on any atom is 0.408 e. The third kappa shape index (κ3) is 6.60. The summed E-state index contributed by atoms with van der Waals surface area (Å²) in [6, 6.07) is 9.36. The number of benzene rings is 1. The minimum absolute atomic E-state index is 0.0363. The standard InChI is InChI=1S/C35H39N5O7S/c41-30-27-18-23(46-31-29(28-16-9-17-48-28)36-24-13-6-7-14-25(24)37-31)20-40(27)32(42)26(38-34(45)47-22-11-8-12-22)15-5-3-1-2-4-10-21-19-35(21,39-30)33(43)44/h4,6-7,9-10,13-14,16-17,21-23,26-27H,1-3,5,8,11-12,15,18-20H2,(H,38,45)(H,39,41)(H,43,44)/b10-4-/t21?,23-,26-,27?,35?/m1/s1. The lowest BCUT2D eigenvalue weighted by Gasteiger charge is -2.30. The number of para-hydroxylation sites is 2. The Morgan fingerprint density at radius 3 is 2.54 bits per heavy atom. The minimum atomic E-state index is -1.43. The van der Waals surface area contributed by atoms with E-state index < -0.39 is 47.6 Å². The van der Waals surface area contributed by atoms with Crippen LogP contribution in [-0.2, 0) is 19.1 Å². The summed E-state index contributed by atoms with van der Waals surface area (Å²) in [5, 5.41) is 17.7. The lowest BCUT2D eigenvalue weighted by Crippen LogP contribution is -2.56. The number of nitrogens with zero attached hydrogens (tertiary/aromatic N) is 3. The van der Waals surface area contributed by atoms with E-state index in [9.17, 15) is 24.3 Å². The third-order valence-electron chi connectivity index (χ3n) is 9.81. The van der Waals surface area contributed by atoms with Crippen molar-refractivity contribution in [2.24, 2.45) is 5.92 Å². The molecule has 7 rings (SSSR count). The van der Waals surface area contributed by atoms with Crippen molar-refractivity contribution in [1.29, 1.82) is 0 Å². The summed E-state index contributed by atoms with van der Waals surface area (Å²) in [6.07, 6.45) is 8.84. The van der Waals surface area contributed by atoms with E-state index in [1.54, 1.807) is 0 Å². The van der Waals surface area contributed by atoms with Gasteiger partial charge in [0.2, 0.25) is 17.7 Å². The molecule has 13 heteroatoms. The molecule has 2 aromatic heterocycles. The molecular weight excluding hydrogens is 634 g/mol. The number of ether oxygens (including phenoxy) is 2. The Morgan fingerprint density at radius 1 is 1.00 bits per heavy atom. The van der Waals surface area contributed by atoms with Crippen molar-refractivity contribution in [3.05, 3.63) is 53.9 Å². The molecule has 0 bridgehead atoms. The molecule has 3 aromatic rings. The molecule has 2 aliphatic carbocycles. The second-order valence-corrected chi connectivity index (χ2v) is 14.1. The molecule has 12 nitrogen and oxygen atoms in total. The van der Waals surface area contributed by atoms with E-state index in [4.69, 9.17) is 19.4 Å². The van der Waals surface area contributed by atoms with Crippen molar-refractivity contribution in [3.8, 4) is 16.5 Å². The fourth-order valence-corrected chi connectivity index (χ4v) is 7.47. The number of aromatic nitrogens is 2. The lowest BCUT2D eigenvalue weighted by atomic mass is 9.96. The van der Waals surface area contributed by atoms with Crippen LogP contribution in [0, 0.1) is 5.92 Å². The van der Waals surface area contributed by atoms with Crippen molar-refractivity contribution in [2.75, 3.05) is 6.54 Å². The molecule has 1 saturated heterocycles. The SMILES string of the molecule is O=C(N[C@@H]1CCCCC/C=C\C2CC2(C(=O)O)NC(=O)C2C[C@@H](Oc3nc4ccccc4nc3-c3cccs3)CN2C1=O)OC1CCC1. The van der Waals surface area contributed by atoms with E-state index >= 15 is 0 Å². The van der Waals surface area contributed by atoms with Crippen LogP contribution in [-0.4, -0.2) is 80.2 Å². The molecule has 5 atom stereocenters. The van der Waals surface area contributed by atoms with Gasteiger partial charge in [-0.3, -0.25) is 9.59 Å². The molecule has 3 N–H and O–H groups in total. The molecular formula is C35H39N5O7S. The molecule has 0 radical (unpaired) electrons. The van der Waals surface area contributed by atoms with Crippen LogP contribution >= 0.6 is 11.3 Å². The summed E-state index contributed by atoms with van der Waals surface area (Å²) in [7, 11) is 0. The zero-order valence-corrected chi connectivity index (χ0v) is 27.3. The average molecular weight is 674 g/mol. The number of amides is 3. The molecule has 3 unspecified atom stereocenters. The van der Waals surface area contributed by atoms with Crippen molar-refractivity contribution in [2.45, 2.75) is 94.0 Å². The summed E-state index contributed by atoms with van der Waals surface area (Å²) in [5.41, 5.74) is 0.470. The Balaban J connectivity index is 1.19. The smallest absolute Gasteiger partial charge is 0.408 e. The first-order valence-corrected chi connectivity index (χ1v) is 17.7. The number of carboxylic acid groups (broad SMARTS) is 1. The Labute approximate surface area is 281 Å². The molecule has 3 fully saturated rings. The number of alkyl carbamates (subject to hydrolysis) is 1. The topological polar surface area (TPSA) is 160 Å². The van der Waals surface area contributed by atoms with E-state index in [-0.39, 0.29) is 37.3 Å². The van der Waals surface area contributed by atoms with Crippen LogP contribution in [0.2, 0.25) is 0 Å².